The van der Waals surface area contributed by atoms with E-state index in [9.17, 15) is 4.79 Å². The smallest absolute Gasteiger partial charge is 0.312 e. The molecule has 7 rings (SSSR count). The molecule has 1 spiro atoms. The molecule has 162 valence electrons. The zero-order valence-electron chi connectivity index (χ0n) is 18.1. The minimum absolute atomic E-state index is 0.0954. The monoisotopic (exact) mass is 402 g/mol. The van der Waals surface area contributed by atoms with Crippen LogP contribution >= 0.6 is 0 Å². The molecule has 4 nitrogen and oxygen atoms in total. The lowest BCUT2D eigenvalue weighted by Crippen LogP contribution is -2.58. The van der Waals surface area contributed by atoms with Gasteiger partial charge in [-0.15, -0.1) is 0 Å². The fourth-order valence-electron chi connectivity index (χ4n) is 8.85. The number of hydrogen-bond acceptors (Lipinski definition) is 4. The Morgan fingerprint density at radius 1 is 0.897 bits per heavy atom. The summed E-state index contributed by atoms with van der Waals surface area (Å²) in [6, 6.07) is 0. The highest BCUT2D eigenvalue weighted by atomic mass is 16.7. The molecule has 0 amide bonds. The van der Waals surface area contributed by atoms with Crippen LogP contribution in [-0.2, 0) is 19.0 Å². The first-order chi connectivity index (χ1) is 14.0. The average Bonchev–Trinajstić information content (AvgIpc) is 2.71. The number of esters is 1. The third-order valence-electron chi connectivity index (χ3n) is 9.74. The minimum atomic E-state index is -0.364. The molecule has 1 aliphatic heterocycles. The van der Waals surface area contributed by atoms with Crippen LogP contribution < -0.4 is 0 Å². The van der Waals surface area contributed by atoms with E-state index in [0.29, 0.717) is 31.7 Å². The lowest BCUT2D eigenvalue weighted by atomic mass is 9.49. The van der Waals surface area contributed by atoms with Crippen molar-refractivity contribution in [2.45, 2.75) is 83.3 Å². The Labute approximate surface area is 175 Å². The number of ether oxygens (including phenoxy) is 3. The van der Waals surface area contributed by atoms with Crippen molar-refractivity contribution in [3.63, 3.8) is 0 Å². The Balaban J connectivity index is 1.05. The summed E-state index contributed by atoms with van der Waals surface area (Å²) in [6.45, 7) is 4.15. The summed E-state index contributed by atoms with van der Waals surface area (Å²) in [5.41, 5.74) is -0.151. The standard InChI is InChI=1S/C25H38O4/c1-16-5-17-3-2-4-22(9-17)25(16)28-14-21(15-29-25)13-27-23(26)24-10-18-6-19(11-24)8-20(7-18)12-24/h16-22H,2-15H2,1H3. The number of rotatable bonds is 3. The average molecular weight is 403 g/mol. The molecular weight excluding hydrogens is 364 g/mol. The van der Waals surface area contributed by atoms with Crippen molar-refractivity contribution >= 4 is 5.97 Å². The van der Waals surface area contributed by atoms with Crippen molar-refractivity contribution in [2.75, 3.05) is 19.8 Å². The molecule has 0 N–H and O–H groups in total. The van der Waals surface area contributed by atoms with Gasteiger partial charge in [0.15, 0.2) is 5.79 Å². The summed E-state index contributed by atoms with van der Waals surface area (Å²) in [7, 11) is 0. The Morgan fingerprint density at radius 2 is 1.55 bits per heavy atom. The normalized spacial score (nSPS) is 53.2. The highest BCUT2D eigenvalue weighted by Crippen LogP contribution is 2.60. The Morgan fingerprint density at radius 3 is 2.21 bits per heavy atom. The molecule has 7 fully saturated rings. The summed E-state index contributed by atoms with van der Waals surface area (Å²) in [5, 5.41) is 0. The van der Waals surface area contributed by atoms with Crippen molar-refractivity contribution < 1.29 is 19.0 Å². The third-order valence-corrected chi connectivity index (χ3v) is 9.74. The molecule has 6 bridgehead atoms. The maximum absolute atomic E-state index is 13.1. The molecule has 3 unspecified atom stereocenters. The lowest BCUT2D eigenvalue weighted by Gasteiger charge is -2.55. The molecule has 6 aliphatic carbocycles. The molecular formula is C25H38O4. The van der Waals surface area contributed by atoms with Crippen LogP contribution in [0.5, 0.6) is 0 Å². The first-order valence-electron chi connectivity index (χ1n) is 12.5. The zero-order chi connectivity index (χ0) is 19.6. The summed E-state index contributed by atoms with van der Waals surface area (Å²) < 4.78 is 18.9. The molecule has 7 aliphatic rings. The van der Waals surface area contributed by atoms with Gasteiger partial charge in [-0.3, -0.25) is 4.79 Å². The van der Waals surface area contributed by atoms with E-state index in [1.807, 2.05) is 0 Å². The number of fused-ring (bicyclic) bond motifs is 3. The number of carbonyl (C=O) groups is 1. The van der Waals surface area contributed by atoms with E-state index in [-0.39, 0.29) is 23.1 Å². The van der Waals surface area contributed by atoms with Gasteiger partial charge >= 0.3 is 5.97 Å². The molecule has 0 radical (unpaired) electrons. The van der Waals surface area contributed by atoms with E-state index in [1.165, 1.54) is 51.4 Å². The second kappa shape index (κ2) is 6.95. The molecule has 0 aromatic rings. The molecule has 4 heteroatoms. The Hall–Kier alpha value is -0.610. The van der Waals surface area contributed by atoms with E-state index in [2.05, 4.69) is 6.92 Å². The van der Waals surface area contributed by atoms with Crippen molar-refractivity contribution in [3.8, 4) is 0 Å². The van der Waals surface area contributed by atoms with Crippen LogP contribution in [0.3, 0.4) is 0 Å². The van der Waals surface area contributed by atoms with E-state index in [4.69, 9.17) is 14.2 Å². The molecule has 1 saturated heterocycles. The summed E-state index contributed by atoms with van der Waals surface area (Å²) in [6.07, 6.45) is 13.8. The molecule has 3 atom stereocenters. The van der Waals surface area contributed by atoms with Crippen LogP contribution in [0.1, 0.15) is 77.6 Å². The second-order valence-corrected chi connectivity index (χ2v) is 11.9. The fourth-order valence-corrected chi connectivity index (χ4v) is 8.85. The van der Waals surface area contributed by atoms with Gasteiger partial charge in [-0.25, -0.2) is 0 Å². The molecule has 6 saturated carbocycles. The van der Waals surface area contributed by atoms with Crippen LogP contribution in [0.25, 0.3) is 0 Å². The van der Waals surface area contributed by atoms with Crippen LogP contribution in [0, 0.1) is 46.8 Å². The predicted molar refractivity (Wildman–Crippen MR) is 109 cm³/mol. The van der Waals surface area contributed by atoms with Crippen LogP contribution in [-0.4, -0.2) is 31.6 Å². The lowest BCUT2D eigenvalue weighted by molar-refractivity contribution is -0.349. The molecule has 1 heterocycles. The van der Waals surface area contributed by atoms with Crippen molar-refractivity contribution in [2.24, 2.45) is 46.8 Å². The van der Waals surface area contributed by atoms with E-state index in [1.54, 1.807) is 0 Å². The zero-order valence-corrected chi connectivity index (χ0v) is 18.1. The van der Waals surface area contributed by atoms with E-state index in [0.717, 1.165) is 42.9 Å². The van der Waals surface area contributed by atoms with E-state index < -0.39 is 0 Å². The summed E-state index contributed by atoms with van der Waals surface area (Å²) >= 11 is 0. The van der Waals surface area contributed by atoms with Crippen molar-refractivity contribution in [3.05, 3.63) is 0 Å². The van der Waals surface area contributed by atoms with E-state index >= 15 is 0 Å². The highest BCUT2D eigenvalue weighted by Gasteiger charge is 2.56. The van der Waals surface area contributed by atoms with Gasteiger partial charge in [0.2, 0.25) is 0 Å². The van der Waals surface area contributed by atoms with Gasteiger partial charge < -0.3 is 14.2 Å². The second-order valence-electron chi connectivity index (χ2n) is 11.9. The van der Waals surface area contributed by atoms with Crippen LogP contribution in [0.15, 0.2) is 0 Å². The van der Waals surface area contributed by atoms with Gasteiger partial charge in [-0.2, -0.15) is 0 Å². The third kappa shape index (κ3) is 3.11. The molecule has 0 aromatic carbocycles. The SMILES string of the molecule is CC1CC2CCCC(C2)C12OCC(COC(=O)C13CC4CC(CC(C4)C1)C3)CO2. The topological polar surface area (TPSA) is 44.8 Å². The van der Waals surface area contributed by atoms with Gasteiger partial charge in [0.1, 0.15) is 0 Å². The van der Waals surface area contributed by atoms with Crippen LogP contribution in [0.4, 0.5) is 0 Å². The minimum Gasteiger partial charge on any atom is -0.465 e. The van der Waals surface area contributed by atoms with Crippen LogP contribution in [0.2, 0.25) is 0 Å². The first kappa shape index (κ1) is 19.1. The Kier molecular flexibility index (Phi) is 4.58. The fraction of sp³-hybridized carbons (Fsp3) is 0.960. The van der Waals surface area contributed by atoms with Gasteiger partial charge in [-0.1, -0.05) is 19.8 Å². The van der Waals surface area contributed by atoms with Gasteiger partial charge in [0.25, 0.3) is 0 Å². The van der Waals surface area contributed by atoms with Gasteiger partial charge in [0.05, 0.1) is 25.2 Å². The first-order valence-corrected chi connectivity index (χ1v) is 12.5. The Bertz CT molecular complexity index is 612. The maximum Gasteiger partial charge on any atom is 0.312 e. The number of carbonyl (C=O) groups excluding carboxylic acids is 1. The van der Waals surface area contributed by atoms with Crippen molar-refractivity contribution in [1.29, 1.82) is 0 Å². The molecule has 29 heavy (non-hydrogen) atoms. The quantitative estimate of drug-likeness (QED) is 0.627. The molecule has 0 aromatic heterocycles. The summed E-state index contributed by atoms with van der Waals surface area (Å²) in [4.78, 5) is 13.1. The van der Waals surface area contributed by atoms with Gasteiger partial charge in [-0.05, 0) is 81.5 Å². The predicted octanol–water partition coefficient (Wildman–Crippen LogP) is 4.95. The maximum atomic E-state index is 13.1. The summed E-state index contributed by atoms with van der Waals surface area (Å²) in [5.74, 6) is 4.16. The van der Waals surface area contributed by atoms with Crippen molar-refractivity contribution in [1.82, 2.24) is 0 Å². The number of hydrogen-bond donors (Lipinski definition) is 0. The van der Waals surface area contributed by atoms with Gasteiger partial charge in [0, 0.05) is 17.8 Å². The highest BCUT2D eigenvalue weighted by molar-refractivity contribution is 5.77. The largest absolute Gasteiger partial charge is 0.465 e.